The van der Waals surface area contributed by atoms with E-state index in [4.69, 9.17) is 15.9 Å². The number of hydrogen-bond donors (Lipinski definition) is 3. The van der Waals surface area contributed by atoms with Gasteiger partial charge in [0.1, 0.15) is 11.5 Å². The summed E-state index contributed by atoms with van der Waals surface area (Å²) >= 11 is 0. The number of carbonyl (C=O) groups is 1. The standard InChI is InChI=1S/C22H23N5O2/c1-29-20-9-6-18(7-10-20)27-22-25-13-17(14-26-22)16-4-2-3-15(11-16)5-8-19(28)12-21(23)24/h2-4,6-7,9-11,13-14H,5,8,12H2,1H3,(H3,23,24)(H,25,26,27). The van der Waals surface area contributed by atoms with Crippen LogP contribution >= 0.6 is 0 Å². The number of anilines is 2. The van der Waals surface area contributed by atoms with E-state index in [-0.39, 0.29) is 18.0 Å². The van der Waals surface area contributed by atoms with Crippen LogP contribution in [0, 0.1) is 5.41 Å². The van der Waals surface area contributed by atoms with Crippen molar-refractivity contribution in [3.8, 4) is 16.9 Å². The predicted octanol–water partition coefficient (Wildman–Crippen LogP) is 3.72. The third-order valence-corrected chi connectivity index (χ3v) is 4.34. The van der Waals surface area contributed by atoms with Gasteiger partial charge in [-0.3, -0.25) is 10.2 Å². The van der Waals surface area contributed by atoms with Crippen LogP contribution in [-0.4, -0.2) is 28.7 Å². The second-order valence-electron chi connectivity index (χ2n) is 6.59. The number of nitrogens with two attached hydrogens (primary N) is 1. The summed E-state index contributed by atoms with van der Waals surface area (Å²) in [6.07, 6.45) is 4.51. The number of hydrogen-bond acceptors (Lipinski definition) is 6. The summed E-state index contributed by atoms with van der Waals surface area (Å²) in [6.45, 7) is 0. The molecule has 0 radical (unpaired) electrons. The molecule has 3 aromatic rings. The Hall–Kier alpha value is -3.74. The summed E-state index contributed by atoms with van der Waals surface area (Å²) in [5, 5.41) is 10.3. The fourth-order valence-corrected chi connectivity index (χ4v) is 2.84. The molecule has 0 unspecified atom stereocenters. The summed E-state index contributed by atoms with van der Waals surface area (Å²) in [7, 11) is 1.63. The van der Waals surface area contributed by atoms with Crippen LogP contribution in [0.15, 0.2) is 60.9 Å². The molecule has 0 fully saturated rings. The zero-order valence-electron chi connectivity index (χ0n) is 16.2. The number of methoxy groups -OCH3 is 1. The molecule has 4 N–H and O–H groups in total. The number of aromatic nitrogens is 2. The Morgan fingerprint density at radius 3 is 2.48 bits per heavy atom. The van der Waals surface area contributed by atoms with Crippen LogP contribution in [0.4, 0.5) is 11.6 Å². The first kappa shape index (κ1) is 20.0. The second kappa shape index (κ2) is 9.45. The number of rotatable bonds is 9. The van der Waals surface area contributed by atoms with Gasteiger partial charge in [0, 0.05) is 30.1 Å². The van der Waals surface area contributed by atoms with Gasteiger partial charge in [0.2, 0.25) is 5.95 Å². The summed E-state index contributed by atoms with van der Waals surface area (Å²) in [5.41, 5.74) is 9.06. The minimum Gasteiger partial charge on any atom is -0.497 e. The van der Waals surface area contributed by atoms with Crippen molar-refractivity contribution in [2.24, 2.45) is 5.73 Å². The number of carbonyl (C=O) groups excluding carboxylic acids is 1. The molecule has 29 heavy (non-hydrogen) atoms. The molecule has 148 valence electrons. The lowest BCUT2D eigenvalue weighted by atomic mass is 10.0. The van der Waals surface area contributed by atoms with E-state index in [9.17, 15) is 4.79 Å². The first-order chi connectivity index (χ1) is 14.0. The van der Waals surface area contributed by atoms with E-state index in [1.54, 1.807) is 19.5 Å². The topological polar surface area (TPSA) is 114 Å². The molecule has 1 heterocycles. The van der Waals surface area contributed by atoms with Crippen molar-refractivity contribution in [1.29, 1.82) is 5.41 Å². The molecule has 0 amide bonds. The summed E-state index contributed by atoms with van der Waals surface area (Å²) in [6, 6.07) is 15.5. The zero-order valence-corrected chi connectivity index (χ0v) is 16.2. The normalized spacial score (nSPS) is 10.4. The maximum atomic E-state index is 11.8. The van der Waals surface area contributed by atoms with Crippen molar-refractivity contribution in [2.45, 2.75) is 19.3 Å². The zero-order chi connectivity index (χ0) is 20.6. The van der Waals surface area contributed by atoms with Gasteiger partial charge in [0.25, 0.3) is 0 Å². The lowest BCUT2D eigenvalue weighted by molar-refractivity contribution is -0.117. The Kier molecular flexibility index (Phi) is 6.52. The first-order valence-electron chi connectivity index (χ1n) is 9.20. The van der Waals surface area contributed by atoms with Crippen molar-refractivity contribution >= 4 is 23.3 Å². The number of ketones is 1. The lowest BCUT2D eigenvalue weighted by Crippen LogP contribution is -2.15. The Balaban J connectivity index is 1.64. The molecule has 0 saturated carbocycles. The molecule has 0 aliphatic rings. The van der Waals surface area contributed by atoms with Gasteiger partial charge in [-0.2, -0.15) is 0 Å². The van der Waals surface area contributed by atoms with Gasteiger partial charge in [0.05, 0.1) is 19.4 Å². The van der Waals surface area contributed by atoms with E-state index in [0.29, 0.717) is 18.8 Å². The Labute approximate surface area is 169 Å². The van der Waals surface area contributed by atoms with Crippen LogP contribution < -0.4 is 15.8 Å². The molecule has 0 atom stereocenters. The third-order valence-electron chi connectivity index (χ3n) is 4.34. The monoisotopic (exact) mass is 389 g/mol. The molecule has 3 rings (SSSR count). The molecular formula is C22H23N5O2. The van der Waals surface area contributed by atoms with Gasteiger partial charge in [-0.25, -0.2) is 9.97 Å². The Morgan fingerprint density at radius 1 is 1.10 bits per heavy atom. The predicted molar refractivity (Wildman–Crippen MR) is 114 cm³/mol. The average molecular weight is 389 g/mol. The second-order valence-corrected chi connectivity index (χ2v) is 6.59. The molecule has 0 aliphatic heterocycles. The van der Waals surface area contributed by atoms with Crippen LogP contribution in [0.5, 0.6) is 5.75 Å². The van der Waals surface area contributed by atoms with E-state index < -0.39 is 0 Å². The number of amidine groups is 1. The summed E-state index contributed by atoms with van der Waals surface area (Å²) in [5.74, 6) is 1.17. The minimum atomic E-state index is -0.0933. The van der Waals surface area contributed by atoms with Crippen LogP contribution in [0.3, 0.4) is 0 Å². The van der Waals surface area contributed by atoms with Crippen LogP contribution in [0.2, 0.25) is 0 Å². The van der Waals surface area contributed by atoms with Crippen molar-refractivity contribution in [3.05, 3.63) is 66.5 Å². The Morgan fingerprint density at radius 2 is 1.83 bits per heavy atom. The van der Waals surface area contributed by atoms with Gasteiger partial charge < -0.3 is 15.8 Å². The number of nitrogens with zero attached hydrogens (tertiary/aromatic N) is 2. The largest absolute Gasteiger partial charge is 0.497 e. The molecule has 0 saturated heterocycles. The molecule has 1 aromatic heterocycles. The number of benzene rings is 2. The van der Waals surface area contributed by atoms with Crippen molar-refractivity contribution in [1.82, 2.24) is 9.97 Å². The highest BCUT2D eigenvalue weighted by Gasteiger charge is 2.06. The highest BCUT2D eigenvalue weighted by Crippen LogP contribution is 2.22. The quantitative estimate of drug-likeness (QED) is 0.380. The summed E-state index contributed by atoms with van der Waals surface area (Å²) in [4.78, 5) is 20.5. The number of Topliss-reactive ketones (excluding diaryl/α,β-unsaturated/α-hetero) is 1. The van der Waals surface area contributed by atoms with E-state index in [2.05, 4.69) is 15.3 Å². The summed E-state index contributed by atoms with van der Waals surface area (Å²) < 4.78 is 5.15. The molecule has 0 aliphatic carbocycles. The van der Waals surface area contributed by atoms with Crippen molar-refractivity contribution in [3.63, 3.8) is 0 Å². The van der Waals surface area contributed by atoms with E-state index in [0.717, 1.165) is 28.1 Å². The van der Waals surface area contributed by atoms with E-state index >= 15 is 0 Å². The van der Waals surface area contributed by atoms with Crippen molar-refractivity contribution < 1.29 is 9.53 Å². The average Bonchev–Trinajstić information content (AvgIpc) is 2.73. The molecule has 2 aromatic carbocycles. The van der Waals surface area contributed by atoms with Gasteiger partial charge in [-0.05, 0) is 41.8 Å². The molecule has 7 nitrogen and oxygen atoms in total. The van der Waals surface area contributed by atoms with Gasteiger partial charge in [-0.15, -0.1) is 0 Å². The van der Waals surface area contributed by atoms with Crippen LogP contribution in [0.1, 0.15) is 18.4 Å². The molecular weight excluding hydrogens is 366 g/mol. The molecule has 7 heteroatoms. The fraction of sp³-hybridized carbons (Fsp3) is 0.182. The highest BCUT2D eigenvalue weighted by molar-refractivity contribution is 5.98. The van der Waals surface area contributed by atoms with Crippen LogP contribution in [-0.2, 0) is 11.2 Å². The van der Waals surface area contributed by atoms with Gasteiger partial charge in [0.15, 0.2) is 0 Å². The molecule has 0 bridgehead atoms. The van der Waals surface area contributed by atoms with Crippen molar-refractivity contribution in [2.75, 3.05) is 12.4 Å². The minimum absolute atomic E-state index is 0.0101. The van der Waals surface area contributed by atoms with Gasteiger partial charge in [-0.1, -0.05) is 24.3 Å². The molecule has 0 spiro atoms. The van der Waals surface area contributed by atoms with Crippen LogP contribution in [0.25, 0.3) is 11.1 Å². The Bertz CT molecular complexity index is 985. The number of aryl methyl sites for hydroxylation is 1. The SMILES string of the molecule is COc1ccc(Nc2ncc(-c3cccc(CCC(=O)CC(=N)N)c3)cn2)cc1. The van der Waals surface area contributed by atoms with E-state index in [1.165, 1.54) is 0 Å². The lowest BCUT2D eigenvalue weighted by Gasteiger charge is -2.08. The fourth-order valence-electron chi connectivity index (χ4n) is 2.84. The first-order valence-corrected chi connectivity index (χ1v) is 9.20. The highest BCUT2D eigenvalue weighted by atomic mass is 16.5. The maximum Gasteiger partial charge on any atom is 0.227 e. The number of ether oxygens (including phenoxy) is 1. The smallest absolute Gasteiger partial charge is 0.227 e. The number of nitrogens with one attached hydrogen (secondary N) is 2. The van der Waals surface area contributed by atoms with E-state index in [1.807, 2.05) is 48.5 Å². The maximum absolute atomic E-state index is 11.8. The third kappa shape index (κ3) is 5.87. The van der Waals surface area contributed by atoms with Gasteiger partial charge >= 0.3 is 0 Å².